The Morgan fingerprint density at radius 1 is 1.10 bits per heavy atom. The van der Waals surface area contributed by atoms with Gasteiger partial charge in [-0.25, -0.2) is 0 Å². The number of piperidine rings is 1. The number of nitrogens with one attached hydrogen (secondary N) is 1. The van der Waals surface area contributed by atoms with Crippen LogP contribution in [0.25, 0.3) is 0 Å². The van der Waals surface area contributed by atoms with Crippen molar-refractivity contribution in [2.24, 2.45) is 11.8 Å². The van der Waals surface area contributed by atoms with E-state index in [0.29, 0.717) is 30.0 Å². The molecule has 1 amide bonds. The Morgan fingerprint density at radius 3 is 2.20 bits per heavy atom. The van der Waals surface area contributed by atoms with Crippen LogP contribution >= 0.6 is 0 Å². The maximum absolute atomic E-state index is 12.9. The van der Waals surface area contributed by atoms with Crippen LogP contribution in [0.3, 0.4) is 0 Å². The molecular formula is C16H28N2O2. The van der Waals surface area contributed by atoms with Gasteiger partial charge in [-0.3, -0.25) is 4.79 Å². The van der Waals surface area contributed by atoms with Crippen molar-refractivity contribution in [1.82, 2.24) is 10.2 Å². The smallest absolute Gasteiger partial charge is 0.228 e. The number of ether oxygens (including phenoxy) is 1. The van der Waals surface area contributed by atoms with E-state index in [2.05, 4.69) is 19.2 Å². The fourth-order valence-electron chi connectivity index (χ4n) is 4.45. The Kier molecular flexibility index (Phi) is 3.80. The van der Waals surface area contributed by atoms with Gasteiger partial charge in [0.25, 0.3) is 0 Å². The van der Waals surface area contributed by atoms with Gasteiger partial charge in [0.15, 0.2) is 0 Å². The molecule has 0 aliphatic carbocycles. The van der Waals surface area contributed by atoms with Crippen molar-refractivity contribution in [3.05, 3.63) is 0 Å². The molecule has 3 aliphatic heterocycles. The van der Waals surface area contributed by atoms with E-state index in [1.807, 2.05) is 18.9 Å². The van der Waals surface area contributed by atoms with Crippen LogP contribution in [0, 0.1) is 11.8 Å². The van der Waals surface area contributed by atoms with Crippen molar-refractivity contribution in [3.63, 3.8) is 0 Å². The van der Waals surface area contributed by atoms with E-state index in [4.69, 9.17) is 4.74 Å². The third kappa shape index (κ3) is 2.37. The third-order valence-corrected chi connectivity index (χ3v) is 5.87. The Labute approximate surface area is 122 Å². The molecule has 1 N–H and O–H groups in total. The number of carbonyl (C=O) groups is 1. The van der Waals surface area contributed by atoms with Crippen LogP contribution in [-0.2, 0) is 9.53 Å². The predicted molar refractivity (Wildman–Crippen MR) is 78.4 cm³/mol. The number of hydrogen-bond acceptors (Lipinski definition) is 3. The number of hydrogen-bond donors (Lipinski definition) is 1. The van der Waals surface area contributed by atoms with E-state index in [1.54, 1.807) is 0 Å². The van der Waals surface area contributed by atoms with Gasteiger partial charge in [0.05, 0.1) is 18.1 Å². The molecule has 3 saturated heterocycles. The summed E-state index contributed by atoms with van der Waals surface area (Å²) in [5.41, 5.74) is 0. The summed E-state index contributed by atoms with van der Waals surface area (Å²) in [6.45, 7) is 6.28. The molecular weight excluding hydrogens is 252 g/mol. The Balaban J connectivity index is 1.67. The van der Waals surface area contributed by atoms with Crippen LogP contribution in [-0.4, -0.2) is 48.2 Å². The molecule has 0 aromatic rings. The summed E-state index contributed by atoms with van der Waals surface area (Å²) in [7, 11) is 2.00. The van der Waals surface area contributed by atoms with Crippen molar-refractivity contribution in [3.8, 4) is 0 Å². The molecule has 3 fully saturated rings. The lowest BCUT2D eigenvalue weighted by atomic mass is 9.87. The average Bonchev–Trinajstić information content (AvgIpc) is 2.88. The molecule has 0 aromatic carbocycles. The minimum absolute atomic E-state index is 0.0301. The molecule has 114 valence electrons. The molecule has 2 bridgehead atoms. The van der Waals surface area contributed by atoms with Crippen molar-refractivity contribution in [1.29, 1.82) is 0 Å². The SMILES string of the molecule is CC1OC(C)C(C(=O)N(C)C2CC3CCC(C2)N3)C1C. The van der Waals surface area contributed by atoms with Crippen LogP contribution in [0.4, 0.5) is 0 Å². The second kappa shape index (κ2) is 5.30. The first-order chi connectivity index (χ1) is 9.47. The second-order valence-electron chi connectivity index (χ2n) is 7.14. The first-order valence-corrected chi connectivity index (χ1v) is 8.15. The zero-order chi connectivity index (χ0) is 14.4. The predicted octanol–water partition coefficient (Wildman–Crippen LogP) is 1.79. The molecule has 6 atom stereocenters. The first-order valence-electron chi connectivity index (χ1n) is 8.15. The molecule has 20 heavy (non-hydrogen) atoms. The van der Waals surface area contributed by atoms with Gasteiger partial charge in [0, 0.05) is 25.2 Å². The van der Waals surface area contributed by atoms with Gasteiger partial charge >= 0.3 is 0 Å². The van der Waals surface area contributed by atoms with Gasteiger partial charge in [0.2, 0.25) is 5.91 Å². The highest BCUT2D eigenvalue weighted by molar-refractivity contribution is 5.80. The second-order valence-corrected chi connectivity index (χ2v) is 7.14. The molecule has 3 heterocycles. The van der Waals surface area contributed by atoms with Gasteiger partial charge < -0.3 is 15.0 Å². The highest BCUT2D eigenvalue weighted by Crippen LogP contribution is 2.35. The van der Waals surface area contributed by atoms with Gasteiger partial charge in [-0.1, -0.05) is 6.92 Å². The van der Waals surface area contributed by atoms with Gasteiger partial charge in [-0.05, 0) is 45.4 Å². The van der Waals surface area contributed by atoms with Crippen LogP contribution in [0.15, 0.2) is 0 Å². The minimum Gasteiger partial charge on any atom is -0.374 e. The summed E-state index contributed by atoms with van der Waals surface area (Å²) in [4.78, 5) is 14.9. The molecule has 0 aromatic heterocycles. The van der Waals surface area contributed by atoms with Gasteiger partial charge in [-0.15, -0.1) is 0 Å². The number of nitrogens with zero attached hydrogens (tertiary/aromatic N) is 1. The molecule has 6 unspecified atom stereocenters. The molecule has 3 rings (SSSR count). The maximum Gasteiger partial charge on any atom is 0.228 e. The quantitative estimate of drug-likeness (QED) is 0.838. The number of fused-ring (bicyclic) bond motifs is 2. The Bertz CT molecular complexity index is 375. The lowest BCUT2D eigenvalue weighted by Gasteiger charge is -2.37. The van der Waals surface area contributed by atoms with E-state index < -0.39 is 0 Å². The highest BCUT2D eigenvalue weighted by Gasteiger charge is 2.45. The summed E-state index contributed by atoms with van der Waals surface area (Å²) in [5.74, 6) is 0.640. The van der Waals surface area contributed by atoms with Crippen LogP contribution in [0.2, 0.25) is 0 Å². The number of carbonyl (C=O) groups excluding carboxylic acids is 1. The van der Waals surface area contributed by atoms with Crippen molar-refractivity contribution in [2.75, 3.05) is 7.05 Å². The zero-order valence-corrected chi connectivity index (χ0v) is 13.1. The monoisotopic (exact) mass is 280 g/mol. The fraction of sp³-hybridized carbons (Fsp3) is 0.938. The Hall–Kier alpha value is -0.610. The molecule has 4 heteroatoms. The highest BCUT2D eigenvalue weighted by atomic mass is 16.5. The fourth-order valence-corrected chi connectivity index (χ4v) is 4.45. The molecule has 0 saturated carbocycles. The topological polar surface area (TPSA) is 41.6 Å². The van der Waals surface area contributed by atoms with Crippen molar-refractivity contribution in [2.45, 2.75) is 76.8 Å². The molecule has 4 nitrogen and oxygen atoms in total. The summed E-state index contributed by atoms with van der Waals surface area (Å²) in [6.07, 6.45) is 5.03. The van der Waals surface area contributed by atoms with E-state index in [-0.39, 0.29) is 18.1 Å². The summed E-state index contributed by atoms with van der Waals surface area (Å²) >= 11 is 0. The van der Waals surface area contributed by atoms with Crippen LogP contribution in [0.1, 0.15) is 46.5 Å². The molecule has 0 spiro atoms. The largest absolute Gasteiger partial charge is 0.374 e. The standard InChI is InChI=1S/C16H28N2O2/c1-9-10(2)20-11(3)15(9)16(19)18(4)14-7-12-5-6-13(8-14)17-12/h9-15,17H,5-8H2,1-4H3. The summed E-state index contributed by atoms with van der Waals surface area (Å²) < 4.78 is 5.84. The summed E-state index contributed by atoms with van der Waals surface area (Å²) in [5, 5.41) is 3.65. The first kappa shape index (κ1) is 14.3. The zero-order valence-electron chi connectivity index (χ0n) is 13.1. The van der Waals surface area contributed by atoms with E-state index in [9.17, 15) is 4.79 Å². The van der Waals surface area contributed by atoms with E-state index in [1.165, 1.54) is 12.8 Å². The van der Waals surface area contributed by atoms with Crippen molar-refractivity contribution >= 4 is 5.91 Å². The van der Waals surface area contributed by atoms with Gasteiger partial charge in [0.1, 0.15) is 0 Å². The minimum atomic E-state index is 0.0301. The molecule has 3 aliphatic rings. The van der Waals surface area contributed by atoms with E-state index >= 15 is 0 Å². The third-order valence-electron chi connectivity index (χ3n) is 5.87. The Morgan fingerprint density at radius 2 is 1.70 bits per heavy atom. The average molecular weight is 280 g/mol. The number of amides is 1. The van der Waals surface area contributed by atoms with Gasteiger partial charge in [-0.2, -0.15) is 0 Å². The number of rotatable bonds is 2. The maximum atomic E-state index is 12.9. The van der Waals surface area contributed by atoms with Crippen LogP contribution in [0.5, 0.6) is 0 Å². The lowest BCUT2D eigenvalue weighted by molar-refractivity contribution is -0.139. The van der Waals surface area contributed by atoms with E-state index in [0.717, 1.165) is 12.8 Å². The van der Waals surface area contributed by atoms with Crippen molar-refractivity contribution < 1.29 is 9.53 Å². The summed E-state index contributed by atoms with van der Waals surface area (Å²) in [6, 6.07) is 1.67. The van der Waals surface area contributed by atoms with Crippen LogP contribution < -0.4 is 5.32 Å². The lowest BCUT2D eigenvalue weighted by Crippen LogP contribution is -2.51. The normalized spacial score (nSPS) is 47.5. The molecule has 0 radical (unpaired) electrons.